The van der Waals surface area contributed by atoms with Crippen LogP contribution >= 0.6 is 0 Å². The molecule has 2 rings (SSSR count). The van der Waals surface area contributed by atoms with Gasteiger partial charge in [-0.2, -0.15) is 0 Å². The summed E-state index contributed by atoms with van der Waals surface area (Å²) in [6.45, 7) is 0. The number of hydrogen-bond acceptors (Lipinski definition) is 3. The molecule has 2 aliphatic carbocycles. The predicted molar refractivity (Wildman–Crippen MR) is 54.7 cm³/mol. The molecule has 0 saturated heterocycles. The Bertz CT molecular complexity index is 368. The molecule has 2 aliphatic rings. The quantitative estimate of drug-likeness (QED) is 0.489. The molecule has 15 heavy (non-hydrogen) atoms. The first-order valence-corrected chi connectivity index (χ1v) is 5.29. The molecule has 1 saturated carbocycles. The largest absolute Gasteiger partial charge is 0.294 e. The van der Waals surface area contributed by atoms with E-state index in [9.17, 15) is 14.9 Å². The summed E-state index contributed by atoms with van der Waals surface area (Å²) < 4.78 is 0. The summed E-state index contributed by atoms with van der Waals surface area (Å²) in [7, 11) is 0. The lowest BCUT2D eigenvalue weighted by atomic mass is 9.83. The summed E-state index contributed by atoms with van der Waals surface area (Å²) >= 11 is 0. The van der Waals surface area contributed by atoms with Gasteiger partial charge in [0.25, 0.3) is 5.70 Å². The van der Waals surface area contributed by atoms with Crippen LogP contribution in [0.4, 0.5) is 0 Å². The van der Waals surface area contributed by atoms with Gasteiger partial charge in [0.15, 0.2) is 5.78 Å². The molecule has 0 spiro atoms. The number of nitro groups is 1. The average molecular weight is 207 g/mol. The Hall–Kier alpha value is -1.45. The van der Waals surface area contributed by atoms with E-state index in [0.29, 0.717) is 12.0 Å². The third kappa shape index (κ3) is 1.98. The van der Waals surface area contributed by atoms with Crippen molar-refractivity contribution < 1.29 is 9.72 Å². The molecule has 80 valence electrons. The Balaban J connectivity index is 2.33. The maximum absolute atomic E-state index is 11.8. The normalized spacial score (nSPS) is 26.1. The lowest BCUT2D eigenvalue weighted by molar-refractivity contribution is -0.419. The minimum absolute atomic E-state index is 0.0940. The van der Waals surface area contributed by atoms with Crippen molar-refractivity contribution in [3.63, 3.8) is 0 Å². The van der Waals surface area contributed by atoms with E-state index >= 15 is 0 Å². The Labute approximate surface area is 87.8 Å². The van der Waals surface area contributed by atoms with E-state index in [-0.39, 0.29) is 17.4 Å². The monoisotopic (exact) mass is 207 g/mol. The predicted octanol–water partition coefficient (Wildman–Crippen LogP) is 2.24. The van der Waals surface area contributed by atoms with Crippen molar-refractivity contribution in [3.05, 3.63) is 33.5 Å². The summed E-state index contributed by atoms with van der Waals surface area (Å²) in [6.07, 6.45) is 7.48. The van der Waals surface area contributed by atoms with Crippen LogP contribution in [0, 0.1) is 16.0 Å². The first-order valence-electron chi connectivity index (χ1n) is 5.29. The third-order valence-corrected chi connectivity index (χ3v) is 3.02. The zero-order valence-corrected chi connectivity index (χ0v) is 8.44. The van der Waals surface area contributed by atoms with Gasteiger partial charge >= 0.3 is 0 Å². The minimum Gasteiger partial charge on any atom is -0.294 e. The summed E-state index contributed by atoms with van der Waals surface area (Å²) in [6, 6.07) is 0. The molecular formula is C11H13NO3. The van der Waals surface area contributed by atoms with Crippen LogP contribution < -0.4 is 0 Å². The number of allylic oxidation sites excluding steroid dienone is 3. The van der Waals surface area contributed by atoms with Crippen LogP contribution in [0.15, 0.2) is 23.4 Å². The fourth-order valence-electron chi connectivity index (χ4n) is 2.20. The number of carbonyl (C=O) groups excluding carboxylic acids is 1. The third-order valence-electron chi connectivity index (χ3n) is 3.02. The molecule has 0 aromatic heterocycles. The SMILES string of the molecule is O=C1C2=CC([N+](=O)[O-])=CC1CCCCC2. The average Bonchev–Trinajstić information content (AvgIpc) is 2.21. The summed E-state index contributed by atoms with van der Waals surface area (Å²) in [5.74, 6) is -0.147. The minimum atomic E-state index is -0.402. The van der Waals surface area contributed by atoms with E-state index in [1.165, 1.54) is 12.2 Å². The van der Waals surface area contributed by atoms with Crippen LogP contribution in [0.25, 0.3) is 0 Å². The van der Waals surface area contributed by atoms with Gasteiger partial charge in [-0.25, -0.2) is 0 Å². The number of carbonyl (C=O) groups is 1. The summed E-state index contributed by atoms with van der Waals surface area (Å²) in [5, 5.41) is 10.7. The number of Topliss-reactive ketones (excluding diaryl/α,β-unsaturated/α-hetero) is 1. The van der Waals surface area contributed by atoms with Crippen LogP contribution in [0.1, 0.15) is 32.1 Å². The molecule has 1 atom stereocenters. The highest BCUT2D eigenvalue weighted by Crippen LogP contribution is 2.29. The topological polar surface area (TPSA) is 60.2 Å². The van der Waals surface area contributed by atoms with Crippen LogP contribution in [0.3, 0.4) is 0 Å². The molecule has 1 fully saturated rings. The Morgan fingerprint density at radius 1 is 1.33 bits per heavy atom. The van der Waals surface area contributed by atoms with Crippen molar-refractivity contribution in [2.24, 2.45) is 5.92 Å². The van der Waals surface area contributed by atoms with Gasteiger partial charge in [-0.05, 0) is 19.3 Å². The van der Waals surface area contributed by atoms with Crippen molar-refractivity contribution in [2.75, 3.05) is 0 Å². The lowest BCUT2D eigenvalue weighted by Crippen LogP contribution is -2.22. The number of nitrogens with zero attached hydrogens (tertiary/aromatic N) is 1. The van der Waals surface area contributed by atoms with Gasteiger partial charge in [0.2, 0.25) is 0 Å². The van der Waals surface area contributed by atoms with Crippen LogP contribution in [0.2, 0.25) is 0 Å². The van der Waals surface area contributed by atoms with E-state index in [1.807, 2.05) is 0 Å². The molecular weight excluding hydrogens is 194 g/mol. The van der Waals surface area contributed by atoms with E-state index in [1.54, 1.807) is 0 Å². The zero-order valence-electron chi connectivity index (χ0n) is 8.44. The highest BCUT2D eigenvalue weighted by Gasteiger charge is 2.29. The van der Waals surface area contributed by atoms with Crippen molar-refractivity contribution in [1.29, 1.82) is 0 Å². The lowest BCUT2D eigenvalue weighted by Gasteiger charge is -2.20. The summed E-state index contributed by atoms with van der Waals surface area (Å²) in [4.78, 5) is 22.1. The van der Waals surface area contributed by atoms with E-state index in [2.05, 4.69) is 0 Å². The fraction of sp³-hybridized carbons (Fsp3) is 0.545. The van der Waals surface area contributed by atoms with Gasteiger partial charge in [0.1, 0.15) is 0 Å². The van der Waals surface area contributed by atoms with E-state index in [0.717, 1.165) is 25.7 Å². The van der Waals surface area contributed by atoms with Crippen LogP contribution in [0.5, 0.6) is 0 Å². The molecule has 4 nitrogen and oxygen atoms in total. The van der Waals surface area contributed by atoms with Gasteiger partial charge in [-0.15, -0.1) is 0 Å². The molecule has 0 radical (unpaired) electrons. The van der Waals surface area contributed by atoms with Gasteiger partial charge in [-0.1, -0.05) is 12.8 Å². The van der Waals surface area contributed by atoms with E-state index < -0.39 is 4.92 Å². The molecule has 0 aliphatic heterocycles. The maximum atomic E-state index is 11.8. The summed E-state index contributed by atoms with van der Waals surface area (Å²) in [5.41, 5.74) is 0.741. The highest BCUT2D eigenvalue weighted by atomic mass is 16.6. The van der Waals surface area contributed by atoms with Gasteiger partial charge in [0, 0.05) is 23.6 Å². The first-order chi connectivity index (χ1) is 7.18. The molecule has 4 heteroatoms. The molecule has 0 aromatic rings. The molecule has 0 heterocycles. The standard InChI is InChI=1S/C11H13NO3/c13-11-8-4-2-1-3-5-9(11)7-10(6-8)12(14)15/h6-8H,1-5H2. The van der Waals surface area contributed by atoms with Crippen molar-refractivity contribution >= 4 is 5.78 Å². The molecule has 1 unspecified atom stereocenters. The molecule has 0 aromatic carbocycles. The molecule has 2 bridgehead atoms. The van der Waals surface area contributed by atoms with Gasteiger partial charge in [0.05, 0.1) is 4.92 Å². The smallest absolute Gasteiger partial charge is 0.266 e. The van der Waals surface area contributed by atoms with Gasteiger partial charge in [-0.3, -0.25) is 14.9 Å². The Morgan fingerprint density at radius 2 is 2.13 bits per heavy atom. The fourth-order valence-corrected chi connectivity index (χ4v) is 2.20. The van der Waals surface area contributed by atoms with Crippen LogP contribution in [-0.4, -0.2) is 10.7 Å². The van der Waals surface area contributed by atoms with Crippen molar-refractivity contribution in [3.8, 4) is 0 Å². The number of rotatable bonds is 1. The Kier molecular flexibility index (Phi) is 2.66. The molecule has 0 N–H and O–H groups in total. The number of ketones is 1. The first kappa shape index (κ1) is 10.1. The second-order valence-electron chi connectivity index (χ2n) is 4.09. The van der Waals surface area contributed by atoms with E-state index in [4.69, 9.17) is 0 Å². The zero-order chi connectivity index (χ0) is 10.8. The maximum Gasteiger partial charge on any atom is 0.266 e. The van der Waals surface area contributed by atoms with Crippen LogP contribution in [-0.2, 0) is 4.79 Å². The number of fused-ring (bicyclic) bond motifs is 2. The second kappa shape index (κ2) is 3.96. The Morgan fingerprint density at radius 3 is 2.87 bits per heavy atom. The van der Waals surface area contributed by atoms with Crippen molar-refractivity contribution in [1.82, 2.24) is 0 Å². The highest BCUT2D eigenvalue weighted by molar-refractivity contribution is 5.99. The second-order valence-corrected chi connectivity index (χ2v) is 4.09. The van der Waals surface area contributed by atoms with Gasteiger partial charge < -0.3 is 0 Å². The van der Waals surface area contributed by atoms with Crippen molar-refractivity contribution in [2.45, 2.75) is 32.1 Å². The number of hydrogen-bond donors (Lipinski definition) is 0. The molecule has 0 amide bonds.